The van der Waals surface area contributed by atoms with E-state index in [1.54, 1.807) is 7.05 Å². The second-order valence-electron chi connectivity index (χ2n) is 2.83. The summed E-state index contributed by atoms with van der Waals surface area (Å²) < 4.78 is 0. The van der Waals surface area contributed by atoms with Gasteiger partial charge in [0.2, 0.25) is 0 Å². The predicted molar refractivity (Wildman–Crippen MR) is 53.7 cm³/mol. The first-order valence-corrected chi connectivity index (χ1v) is 4.04. The molecule has 0 aliphatic carbocycles. The van der Waals surface area contributed by atoms with Crippen LogP contribution in [0.15, 0.2) is 35.4 Å². The molecule has 0 saturated carbocycles. The van der Waals surface area contributed by atoms with E-state index in [1.165, 1.54) is 5.12 Å². The summed E-state index contributed by atoms with van der Waals surface area (Å²) >= 11 is 0. The summed E-state index contributed by atoms with van der Waals surface area (Å²) in [6, 6.07) is 9.90. The van der Waals surface area contributed by atoms with Gasteiger partial charge in [0.25, 0.3) is 0 Å². The molecule has 0 atom stereocenters. The van der Waals surface area contributed by atoms with Gasteiger partial charge in [-0.3, -0.25) is 0 Å². The summed E-state index contributed by atoms with van der Waals surface area (Å²) in [5.41, 5.74) is 6.77. The number of benzene rings is 1. The smallest absolute Gasteiger partial charge is 0.125 e. The van der Waals surface area contributed by atoms with Crippen molar-refractivity contribution < 1.29 is 0 Å². The molecule has 0 amide bonds. The maximum atomic E-state index is 5.63. The summed E-state index contributed by atoms with van der Waals surface area (Å²) in [6.07, 6.45) is 0.627. The number of nitrogens with zero attached hydrogens (tertiary/aromatic N) is 2. The number of hydrogen-bond donors (Lipinski definition) is 2. The molecular weight excluding hydrogens is 164 g/mol. The van der Waals surface area contributed by atoms with E-state index in [0.29, 0.717) is 12.3 Å². The van der Waals surface area contributed by atoms with E-state index in [1.807, 2.05) is 30.3 Å². The largest absolute Gasteiger partial charge is 0.385 e. The highest BCUT2D eigenvalue weighted by Crippen LogP contribution is 1.98. The van der Waals surface area contributed by atoms with Crippen molar-refractivity contribution in [3.63, 3.8) is 0 Å². The highest BCUT2D eigenvalue weighted by Gasteiger charge is 1.95. The highest BCUT2D eigenvalue weighted by atomic mass is 15.6. The molecule has 0 bridgehead atoms. The van der Waals surface area contributed by atoms with Gasteiger partial charge in [0, 0.05) is 13.5 Å². The maximum Gasteiger partial charge on any atom is 0.125 e. The molecule has 0 aliphatic rings. The third kappa shape index (κ3) is 3.57. The van der Waals surface area contributed by atoms with E-state index >= 15 is 0 Å². The second kappa shape index (κ2) is 4.47. The fraction of sp³-hybridized carbons (Fsp3) is 0.222. The minimum Gasteiger partial charge on any atom is -0.385 e. The molecule has 0 saturated heterocycles. The molecule has 4 heteroatoms. The normalized spacial score (nSPS) is 11.4. The van der Waals surface area contributed by atoms with E-state index < -0.39 is 0 Å². The van der Waals surface area contributed by atoms with Crippen LogP contribution in [-0.2, 0) is 6.42 Å². The first-order chi connectivity index (χ1) is 6.18. The van der Waals surface area contributed by atoms with Crippen LogP contribution in [0.1, 0.15) is 5.56 Å². The lowest BCUT2D eigenvalue weighted by molar-refractivity contribution is 0.370. The van der Waals surface area contributed by atoms with Gasteiger partial charge in [-0.1, -0.05) is 30.3 Å². The van der Waals surface area contributed by atoms with Crippen LogP contribution in [0.5, 0.6) is 0 Å². The average molecular weight is 178 g/mol. The second-order valence-corrected chi connectivity index (χ2v) is 2.83. The molecular formula is C9H14N4. The molecule has 0 radical (unpaired) electrons. The molecule has 0 unspecified atom stereocenters. The van der Waals surface area contributed by atoms with Gasteiger partial charge >= 0.3 is 0 Å². The molecule has 70 valence electrons. The SMILES string of the molecule is CN(N)/N=C(\N)Cc1ccccc1. The van der Waals surface area contributed by atoms with Crippen molar-refractivity contribution >= 4 is 5.84 Å². The lowest BCUT2D eigenvalue weighted by Gasteiger charge is -2.06. The van der Waals surface area contributed by atoms with Crippen molar-refractivity contribution in [1.29, 1.82) is 0 Å². The van der Waals surface area contributed by atoms with Crippen molar-refractivity contribution in [3.05, 3.63) is 35.9 Å². The molecule has 0 spiro atoms. The zero-order valence-corrected chi connectivity index (χ0v) is 7.64. The molecule has 0 aromatic heterocycles. The van der Waals surface area contributed by atoms with E-state index in [-0.39, 0.29) is 0 Å². The number of rotatable bonds is 3. The third-order valence-electron chi connectivity index (χ3n) is 1.51. The lowest BCUT2D eigenvalue weighted by Crippen LogP contribution is -2.26. The van der Waals surface area contributed by atoms with Crippen molar-refractivity contribution in [2.75, 3.05) is 7.05 Å². The Labute approximate surface area is 77.8 Å². The van der Waals surface area contributed by atoms with Gasteiger partial charge in [0.15, 0.2) is 0 Å². The van der Waals surface area contributed by atoms with Gasteiger partial charge in [-0.15, -0.1) is 5.10 Å². The molecule has 1 rings (SSSR count). The van der Waals surface area contributed by atoms with E-state index in [9.17, 15) is 0 Å². The molecule has 0 fully saturated rings. The van der Waals surface area contributed by atoms with Gasteiger partial charge in [-0.25, -0.2) is 11.0 Å². The number of nitrogens with two attached hydrogens (primary N) is 2. The minimum absolute atomic E-state index is 0.510. The Bertz CT molecular complexity index is 279. The van der Waals surface area contributed by atoms with Crippen LogP contribution in [0.25, 0.3) is 0 Å². The molecule has 13 heavy (non-hydrogen) atoms. The van der Waals surface area contributed by atoms with Gasteiger partial charge in [-0.2, -0.15) is 0 Å². The van der Waals surface area contributed by atoms with Crippen molar-refractivity contribution in [3.8, 4) is 0 Å². The number of hydrazine groups is 1. The van der Waals surface area contributed by atoms with Gasteiger partial charge in [0.05, 0.1) is 0 Å². The number of amidine groups is 1. The van der Waals surface area contributed by atoms with Crippen LogP contribution in [0, 0.1) is 0 Å². The zero-order chi connectivity index (χ0) is 9.68. The first kappa shape index (κ1) is 9.54. The van der Waals surface area contributed by atoms with Crippen LogP contribution < -0.4 is 11.6 Å². The van der Waals surface area contributed by atoms with Crippen LogP contribution in [0.4, 0.5) is 0 Å². The van der Waals surface area contributed by atoms with E-state index in [2.05, 4.69) is 5.10 Å². The summed E-state index contributed by atoms with van der Waals surface area (Å²) in [5, 5.41) is 5.08. The topological polar surface area (TPSA) is 67.6 Å². The van der Waals surface area contributed by atoms with Crippen LogP contribution in [0.2, 0.25) is 0 Å². The van der Waals surface area contributed by atoms with Crippen molar-refractivity contribution in [1.82, 2.24) is 5.12 Å². The summed E-state index contributed by atoms with van der Waals surface area (Å²) in [5.74, 6) is 5.82. The maximum absolute atomic E-state index is 5.63. The highest BCUT2D eigenvalue weighted by molar-refractivity contribution is 5.82. The summed E-state index contributed by atoms with van der Waals surface area (Å²) in [4.78, 5) is 0. The lowest BCUT2D eigenvalue weighted by atomic mass is 10.1. The fourth-order valence-electron chi connectivity index (χ4n) is 1.04. The molecule has 0 aliphatic heterocycles. The Morgan fingerprint density at radius 1 is 1.38 bits per heavy atom. The number of hydrazone groups is 1. The molecule has 4 nitrogen and oxygen atoms in total. The third-order valence-corrected chi connectivity index (χ3v) is 1.51. The van der Waals surface area contributed by atoms with Gasteiger partial charge in [-0.05, 0) is 5.56 Å². The van der Waals surface area contributed by atoms with Crippen molar-refractivity contribution in [2.45, 2.75) is 6.42 Å². The van der Waals surface area contributed by atoms with Crippen LogP contribution in [-0.4, -0.2) is 18.0 Å². The average Bonchev–Trinajstić information content (AvgIpc) is 2.04. The standard InChI is InChI=1S/C9H14N4/c1-13(11)12-9(10)7-8-5-3-2-4-6-8/h2-6H,7,11H2,1H3,(H2,10,12). The fourth-order valence-corrected chi connectivity index (χ4v) is 1.04. The Kier molecular flexibility index (Phi) is 3.28. The molecule has 1 aromatic carbocycles. The van der Waals surface area contributed by atoms with Crippen molar-refractivity contribution in [2.24, 2.45) is 16.7 Å². The predicted octanol–water partition coefficient (Wildman–Crippen LogP) is 0.307. The molecule has 1 aromatic rings. The minimum atomic E-state index is 0.510. The molecule has 0 heterocycles. The quantitative estimate of drug-likeness (QED) is 0.303. The van der Waals surface area contributed by atoms with Crippen LogP contribution in [0.3, 0.4) is 0 Å². The van der Waals surface area contributed by atoms with E-state index in [4.69, 9.17) is 11.6 Å². The summed E-state index contributed by atoms with van der Waals surface area (Å²) in [7, 11) is 1.64. The van der Waals surface area contributed by atoms with Gasteiger partial charge < -0.3 is 5.73 Å². The Morgan fingerprint density at radius 2 is 2.00 bits per heavy atom. The Balaban J connectivity index is 2.60. The molecule has 4 N–H and O–H groups in total. The first-order valence-electron chi connectivity index (χ1n) is 4.04. The monoisotopic (exact) mass is 178 g/mol. The zero-order valence-electron chi connectivity index (χ0n) is 7.64. The van der Waals surface area contributed by atoms with Crippen LogP contribution >= 0.6 is 0 Å². The Hall–Kier alpha value is -1.55. The Morgan fingerprint density at radius 3 is 2.54 bits per heavy atom. The van der Waals surface area contributed by atoms with Gasteiger partial charge in [0.1, 0.15) is 5.84 Å². The van der Waals surface area contributed by atoms with E-state index in [0.717, 1.165) is 5.56 Å². The summed E-state index contributed by atoms with van der Waals surface area (Å²) in [6.45, 7) is 0. The number of hydrogen-bond acceptors (Lipinski definition) is 3.